The molecule has 0 aliphatic heterocycles. The Balaban J connectivity index is 2.41. The molecule has 6 nitrogen and oxygen atoms in total. The van der Waals surface area contributed by atoms with Gasteiger partial charge in [-0.15, -0.1) is 0 Å². The average Bonchev–Trinajstić information content (AvgIpc) is 2.74. The number of aromatic amines is 1. The molecule has 5 N–H and O–H groups in total. The van der Waals surface area contributed by atoms with Gasteiger partial charge in [-0.3, -0.25) is 5.10 Å². The van der Waals surface area contributed by atoms with E-state index >= 15 is 0 Å². The van der Waals surface area contributed by atoms with Crippen LogP contribution in [0.4, 0.5) is 5.82 Å². The molecule has 2 rings (SSSR count). The lowest BCUT2D eigenvalue weighted by Gasteiger charge is -2.11. The highest BCUT2D eigenvalue weighted by Crippen LogP contribution is 2.21. The second-order valence-electron chi connectivity index (χ2n) is 3.34. The minimum atomic E-state index is -0.417. The number of nitrogens with zero attached hydrogens (tertiary/aromatic N) is 3. The molecule has 0 bridgehead atoms. The summed E-state index contributed by atoms with van der Waals surface area (Å²) in [6, 6.07) is 1.48. The fourth-order valence-electron chi connectivity index (χ4n) is 1.36. The molecule has 0 amide bonds. The van der Waals surface area contributed by atoms with Crippen molar-refractivity contribution in [2.45, 2.75) is 13.0 Å². The number of pyridine rings is 1. The van der Waals surface area contributed by atoms with Gasteiger partial charge in [-0.2, -0.15) is 5.10 Å². The molecule has 0 aromatic carbocycles. The van der Waals surface area contributed by atoms with Gasteiger partial charge in [0.05, 0.1) is 6.04 Å². The van der Waals surface area contributed by atoms with Gasteiger partial charge in [0.1, 0.15) is 18.0 Å². The number of aryl methyl sites for hydroxylation is 1. The first-order chi connectivity index (χ1) is 7.18. The van der Waals surface area contributed by atoms with Crippen molar-refractivity contribution in [3.8, 4) is 0 Å². The number of nitrogen functional groups attached to an aromatic ring is 1. The molecule has 78 valence electrons. The Bertz CT molecular complexity index is 450. The van der Waals surface area contributed by atoms with Crippen molar-refractivity contribution in [2.24, 2.45) is 5.73 Å². The van der Waals surface area contributed by atoms with Crippen LogP contribution in [0.25, 0.3) is 0 Å². The Hall–Kier alpha value is -1.95. The molecule has 2 heterocycles. The summed E-state index contributed by atoms with van der Waals surface area (Å²) in [4.78, 5) is 8.03. The summed E-state index contributed by atoms with van der Waals surface area (Å²) in [6.07, 6.45) is 3.11. The first kappa shape index (κ1) is 9.60. The van der Waals surface area contributed by atoms with Crippen molar-refractivity contribution in [1.82, 2.24) is 20.2 Å². The third-order valence-electron chi connectivity index (χ3n) is 2.15. The Labute approximate surface area is 86.7 Å². The summed E-state index contributed by atoms with van der Waals surface area (Å²) in [7, 11) is 0. The van der Waals surface area contributed by atoms with E-state index in [1.165, 1.54) is 6.33 Å². The number of aromatic nitrogens is 4. The molecule has 15 heavy (non-hydrogen) atoms. The second-order valence-corrected chi connectivity index (χ2v) is 3.34. The van der Waals surface area contributed by atoms with Crippen LogP contribution in [0.5, 0.6) is 0 Å². The lowest BCUT2D eigenvalue weighted by Crippen LogP contribution is -2.16. The summed E-state index contributed by atoms with van der Waals surface area (Å²) in [6.45, 7) is 1.93. The molecule has 0 spiro atoms. The van der Waals surface area contributed by atoms with Crippen molar-refractivity contribution in [3.05, 3.63) is 35.5 Å². The molecule has 6 heteroatoms. The summed E-state index contributed by atoms with van der Waals surface area (Å²) in [5.41, 5.74) is 13.5. The van der Waals surface area contributed by atoms with Crippen LogP contribution < -0.4 is 11.5 Å². The Kier molecular flexibility index (Phi) is 2.34. The van der Waals surface area contributed by atoms with E-state index in [2.05, 4.69) is 20.2 Å². The fourth-order valence-corrected chi connectivity index (χ4v) is 1.36. The molecule has 2 aromatic heterocycles. The van der Waals surface area contributed by atoms with Gasteiger partial charge in [0.25, 0.3) is 0 Å². The second kappa shape index (κ2) is 3.66. The standard InChI is InChI=1S/C9H12N6/c1-5-2-6(8(11)12-3-5)7(10)9-13-4-14-15-9/h2-4,7H,10H2,1H3,(H2,11,12)(H,13,14,15). The Morgan fingerprint density at radius 1 is 1.40 bits per heavy atom. The SMILES string of the molecule is Cc1cnc(N)c(C(N)c2ncn[nH]2)c1. The van der Waals surface area contributed by atoms with E-state index in [1.807, 2.05) is 13.0 Å². The average molecular weight is 204 g/mol. The van der Waals surface area contributed by atoms with Crippen LogP contribution in [-0.4, -0.2) is 20.2 Å². The number of anilines is 1. The first-order valence-corrected chi connectivity index (χ1v) is 4.51. The molecular weight excluding hydrogens is 192 g/mol. The van der Waals surface area contributed by atoms with Gasteiger partial charge < -0.3 is 11.5 Å². The molecule has 0 saturated carbocycles. The van der Waals surface area contributed by atoms with Crippen LogP contribution in [0.3, 0.4) is 0 Å². The van der Waals surface area contributed by atoms with E-state index in [1.54, 1.807) is 6.20 Å². The monoisotopic (exact) mass is 204 g/mol. The first-order valence-electron chi connectivity index (χ1n) is 4.51. The summed E-state index contributed by atoms with van der Waals surface area (Å²) in [5.74, 6) is 0.999. The molecule has 0 saturated heterocycles. The molecule has 1 unspecified atom stereocenters. The Morgan fingerprint density at radius 3 is 2.87 bits per heavy atom. The highest BCUT2D eigenvalue weighted by molar-refractivity contribution is 5.44. The summed E-state index contributed by atoms with van der Waals surface area (Å²) >= 11 is 0. The lowest BCUT2D eigenvalue weighted by molar-refractivity contribution is 0.784. The van der Waals surface area contributed by atoms with Gasteiger partial charge in [0.15, 0.2) is 0 Å². The zero-order chi connectivity index (χ0) is 10.8. The van der Waals surface area contributed by atoms with Crippen molar-refractivity contribution >= 4 is 5.82 Å². The maximum absolute atomic E-state index is 5.98. The van der Waals surface area contributed by atoms with Crippen LogP contribution in [0, 0.1) is 6.92 Å². The normalized spacial score (nSPS) is 12.7. The largest absolute Gasteiger partial charge is 0.383 e. The van der Waals surface area contributed by atoms with Gasteiger partial charge in [0, 0.05) is 11.8 Å². The number of nitrogens with two attached hydrogens (primary N) is 2. The third kappa shape index (κ3) is 1.79. The number of hydrogen-bond donors (Lipinski definition) is 3. The smallest absolute Gasteiger partial charge is 0.145 e. The summed E-state index contributed by atoms with van der Waals surface area (Å²) in [5, 5.41) is 6.46. The van der Waals surface area contributed by atoms with Crippen molar-refractivity contribution in [3.63, 3.8) is 0 Å². The molecule has 0 fully saturated rings. The van der Waals surface area contributed by atoms with Gasteiger partial charge in [-0.25, -0.2) is 9.97 Å². The van der Waals surface area contributed by atoms with Crippen LogP contribution in [0.1, 0.15) is 23.0 Å². The lowest BCUT2D eigenvalue weighted by atomic mass is 10.1. The van der Waals surface area contributed by atoms with E-state index in [0.717, 1.165) is 11.1 Å². The van der Waals surface area contributed by atoms with E-state index < -0.39 is 6.04 Å². The number of nitrogens with one attached hydrogen (secondary N) is 1. The van der Waals surface area contributed by atoms with Crippen molar-refractivity contribution < 1.29 is 0 Å². The van der Waals surface area contributed by atoms with E-state index in [0.29, 0.717) is 11.6 Å². The molecule has 1 atom stereocenters. The topological polar surface area (TPSA) is 106 Å². The quantitative estimate of drug-likeness (QED) is 0.645. The third-order valence-corrected chi connectivity index (χ3v) is 2.15. The van der Waals surface area contributed by atoms with Gasteiger partial charge >= 0.3 is 0 Å². The van der Waals surface area contributed by atoms with E-state index in [4.69, 9.17) is 11.5 Å². The highest BCUT2D eigenvalue weighted by Gasteiger charge is 2.15. The Morgan fingerprint density at radius 2 is 2.20 bits per heavy atom. The van der Waals surface area contributed by atoms with Gasteiger partial charge in [-0.05, 0) is 18.6 Å². The summed E-state index contributed by atoms with van der Waals surface area (Å²) < 4.78 is 0. The van der Waals surface area contributed by atoms with Gasteiger partial charge in [-0.1, -0.05) is 0 Å². The number of hydrogen-bond acceptors (Lipinski definition) is 5. The fraction of sp³-hybridized carbons (Fsp3) is 0.222. The molecular formula is C9H12N6. The highest BCUT2D eigenvalue weighted by atomic mass is 15.2. The van der Waals surface area contributed by atoms with Crippen LogP contribution >= 0.6 is 0 Å². The zero-order valence-electron chi connectivity index (χ0n) is 8.31. The molecule has 0 aliphatic rings. The van der Waals surface area contributed by atoms with Crippen LogP contribution in [0.15, 0.2) is 18.6 Å². The predicted molar refractivity (Wildman–Crippen MR) is 55.8 cm³/mol. The minimum absolute atomic E-state index is 0.417. The maximum Gasteiger partial charge on any atom is 0.145 e. The van der Waals surface area contributed by atoms with E-state index in [9.17, 15) is 0 Å². The molecule has 0 aliphatic carbocycles. The van der Waals surface area contributed by atoms with Crippen LogP contribution in [0.2, 0.25) is 0 Å². The number of H-pyrrole nitrogens is 1. The van der Waals surface area contributed by atoms with E-state index in [-0.39, 0.29) is 0 Å². The predicted octanol–water partition coefficient (Wildman–Crippen LogP) is 0.138. The molecule has 0 radical (unpaired) electrons. The number of rotatable bonds is 2. The zero-order valence-corrected chi connectivity index (χ0v) is 8.31. The molecule has 2 aromatic rings. The maximum atomic E-state index is 5.98. The minimum Gasteiger partial charge on any atom is -0.383 e. The van der Waals surface area contributed by atoms with Crippen molar-refractivity contribution in [1.29, 1.82) is 0 Å². The van der Waals surface area contributed by atoms with Crippen molar-refractivity contribution in [2.75, 3.05) is 5.73 Å². The van der Waals surface area contributed by atoms with Crippen LogP contribution in [-0.2, 0) is 0 Å². The van der Waals surface area contributed by atoms with Gasteiger partial charge in [0.2, 0.25) is 0 Å².